The van der Waals surface area contributed by atoms with Crippen molar-refractivity contribution in [1.82, 2.24) is 9.38 Å². The normalized spacial score (nSPS) is 10.3. The number of aliphatic hydroxyl groups excluding tert-OH is 1. The molecule has 1 aromatic carbocycles. The van der Waals surface area contributed by atoms with Gasteiger partial charge in [0.05, 0.1) is 17.2 Å². The third-order valence-corrected chi connectivity index (χ3v) is 3.48. The van der Waals surface area contributed by atoms with Crippen molar-refractivity contribution in [2.24, 2.45) is 0 Å². The van der Waals surface area contributed by atoms with Crippen LogP contribution in [0.25, 0.3) is 16.2 Å². The maximum Gasteiger partial charge on any atom is 0.194 e. The molecule has 0 unspecified atom stereocenters. The van der Waals surface area contributed by atoms with Crippen molar-refractivity contribution in [3.05, 3.63) is 47.4 Å². The fourth-order valence-electron chi connectivity index (χ4n) is 1.68. The Hall–Kier alpha value is -1.72. The zero-order valence-electron chi connectivity index (χ0n) is 10.8. The molecule has 2 aromatic heterocycles. The number of nitrogens with zero attached hydrogens (tertiary/aromatic N) is 2. The molecule has 2 heterocycles. The van der Waals surface area contributed by atoms with Crippen LogP contribution in [0.1, 0.15) is 18.7 Å². The molecule has 0 fully saturated rings. The van der Waals surface area contributed by atoms with E-state index in [1.54, 1.807) is 12.1 Å². The van der Waals surface area contributed by atoms with Crippen molar-refractivity contribution in [3.8, 4) is 11.3 Å². The van der Waals surface area contributed by atoms with Gasteiger partial charge in [-0.15, -0.1) is 0 Å². The number of benzene rings is 1. The molecule has 3 nitrogen and oxygen atoms in total. The number of hydrogen-bond donors (Lipinski definition) is 1. The predicted molar refractivity (Wildman–Crippen MR) is 75.7 cm³/mol. The lowest BCUT2D eigenvalue weighted by Gasteiger charge is -1.94. The van der Waals surface area contributed by atoms with E-state index in [4.69, 9.17) is 5.11 Å². The maximum absolute atomic E-state index is 12.8. The Bertz CT molecular complexity index is 626. The summed E-state index contributed by atoms with van der Waals surface area (Å²) in [4.78, 5) is 6.13. The molecule has 0 aliphatic carbocycles. The number of thiazole rings is 1. The summed E-state index contributed by atoms with van der Waals surface area (Å²) in [6.45, 7) is 4.03. The van der Waals surface area contributed by atoms with E-state index in [0.717, 1.165) is 21.1 Å². The minimum atomic E-state index is -0.252. The molecular formula is C14H15FN2OS. The number of fused-ring (bicyclic) bond motifs is 1. The fraction of sp³-hybridized carbons (Fsp3) is 0.214. The highest BCUT2D eigenvalue weighted by molar-refractivity contribution is 7.17. The van der Waals surface area contributed by atoms with E-state index in [9.17, 15) is 4.39 Å². The Balaban J connectivity index is 0.000000637. The molecule has 0 saturated heterocycles. The highest BCUT2D eigenvalue weighted by atomic mass is 32.1. The molecule has 3 rings (SSSR count). The van der Waals surface area contributed by atoms with Gasteiger partial charge in [0.25, 0.3) is 0 Å². The number of rotatable bonds is 2. The third-order valence-electron chi connectivity index (χ3n) is 2.50. The molecule has 0 atom stereocenters. The zero-order chi connectivity index (χ0) is 13.8. The smallest absolute Gasteiger partial charge is 0.194 e. The van der Waals surface area contributed by atoms with Gasteiger partial charge in [-0.05, 0) is 24.3 Å². The molecule has 3 aromatic rings. The van der Waals surface area contributed by atoms with E-state index in [0.29, 0.717) is 0 Å². The summed E-state index contributed by atoms with van der Waals surface area (Å²) in [6, 6.07) is 6.24. The molecule has 0 amide bonds. The van der Waals surface area contributed by atoms with Gasteiger partial charge in [-0.25, -0.2) is 9.37 Å². The second kappa shape index (κ2) is 5.95. The SMILES string of the molecule is CC.OCc1cn2cc(-c3ccc(F)cc3)nc2s1. The van der Waals surface area contributed by atoms with Gasteiger partial charge in [0.15, 0.2) is 4.96 Å². The zero-order valence-corrected chi connectivity index (χ0v) is 11.6. The number of imidazole rings is 1. The minimum Gasteiger partial charge on any atom is -0.391 e. The topological polar surface area (TPSA) is 37.5 Å². The predicted octanol–water partition coefficient (Wildman–Crippen LogP) is 3.72. The summed E-state index contributed by atoms with van der Waals surface area (Å²) < 4.78 is 14.7. The van der Waals surface area contributed by atoms with Gasteiger partial charge < -0.3 is 5.11 Å². The lowest BCUT2D eigenvalue weighted by atomic mass is 10.2. The van der Waals surface area contributed by atoms with Crippen LogP contribution >= 0.6 is 11.3 Å². The van der Waals surface area contributed by atoms with Crippen LogP contribution in [0.3, 0.4) is 0 Å². The molecule has 0 radical (unpaired) electrons. The second-order valence-electron chi connectivity index (χ2n) is 3.68. The molecule has 1 N–H and O–H groups in total. The highest BCUT2D eigenvalue weighted by Gasteiger charge is 2.07. The van der Waals surface area contributed by atoms with Crippen LogP contribution < -0.4 is 0 Å². The van der Waals surface area contributed by atoms with Crippen LogP contribution in [-0.2, 0) is 6.61 Å². The number of hydrogen-bond acceptors (Lipinski definition) is 3. The van der Waals surface area contributed by atoms with Crippen LogP contribution in [0.4, 0.5) is 4.39 Å². The summed E-state index contributed by atoms with van der Waals surface area (Å²) in [6.07, 6.45) is 3.72. The summed E-state index contributed by atoms with van der Waals surface area (Å²) in [7, 11) is 0. The first-order valence-corrected chi connectivity index (χ1v) is 6.92. The molecule has 19 heavy (non-hydrogen) atoms. The monoisotopic (exact) mass is 278 g/mol. The lowest BCUT2D eigenvalue weighted by molar-refractivity contribution is 0.285. The second-order valence-corrected chi connectivity index (χ2v) is 4.77. The third kappa shape index (κ3) is 2.83. The Labute approximate surface area is 115 Å². The van der Waals surface area contributed by atoms with Crippen molar-refractivity contribution < 1.29 is 9.50 Å². The minimum absolute atomic E-state index is 0.0277. The molecular weight excluding hydrogens is 263 g/mol. The Morgan fingerprint density at radius 1 is 1.21 bits per heavy atom. The van der Waals surface area contributed by atoms with E-state index in [2.05, 4.69) is 4.98 Å². The van der Waals surface area contributed by atoms with E-state index in [1.165, 1.54) is 23.5 Å². The maximum atomic E-state index is 12.8. The highest BCUT2D eigenvalue weighted by Crippen LogP contribution is 2.23. The van der Waals surface area contributed by atoms with Gasteiger partial charge in [-0.1, -0.05) is 25.2 Å². The van der Waals surface area contributed by atoms with Crippen LogP contribution in [0.2, 0.25) is 0 Å². The average molecular weight is 278 g/mol. The summed E-state index contributed by atoms with van der Waals surface area (Å²) in [5.41, 5.74) is 1.69. The summed E-state index contributed by atoms with van der Waals surface area (Å²) in [5.74, 6) is -0.252. The van der Waals surface area contributed by atoms with Gasteiger partial charge in [0.1, 0.15) is 5.82 Å². The molecule has 0 aliphatic heterocycles. The quantitative estimate of drug-likeness (QED) is 0.775. The van der Waals surface area contributed by atoms with Gasteiger partial charge >= 0.3 is 0 Å². The van der Waals surface area contributed by atoms with Crippen LogP contribution in [0, 0.1) is 5.82 Å². The largest absolute Gasteiger partial charge is 0.391 e. The van der Waals surface area contributed by atoms with E-state index in [1.807, 2.05) is 30.6 Å². The Morgan fingerprint density at radius 2 is 1.89 bits per heavy atom. The lowest BCUT2D eigenvalue weighted by Crippen LogP contribution is -1.79. The van der Waals surface area contributed by atoms with Crippen LogP contribution in [0.5, 0.6) is 0 Å². The van der Waals surface area contributed by atoms with Gasteiger partial charge in [-0.2, -0.15) is 0 Å². The molecule has 0 aliphatic rings. The first kappa shape index (κ1) is 13.7. The van der Waals surface area contributed by atoms with Crippen molar-refractivity contribution >= 4 is 16.3 Å². The summed E-state index contributed by atoms with van der Waals surface area (Å²) in [5, 5.41) is 9.00. The molecule has 100 valence electrons. The summed E-state index contributed by atoms with van der Waals surface area (Å²) >= 11 is 1.44. The van der Waals surface area contributed by atoms with E-state index >= 15 is 0 Å². The number of aliphatic hydroxyl groups is 1. The van der Waals surface area contributed by atoms with Crippen LogP contribution in [0.15, 0.2) is 36.7 Å². The number of aromatic nitrogens is 2. The van der Waals surface area contributed by atoms with E-state index < -0.39 is 0 Å². The average Bonchev–Trinajstić information content (AvgIpc) is 2.99. The van der Waals surface area contributed by atoms with Gasteiger partial charge in [-0.3, -0.25) is 4.40 Å². The first-order valence-electron chi connectivity index (χ1n) is 6.10. The number of halogens is 1. The molecule has 0 saturated carbocycles. The fourth-order valence-corrected chi connectivity index (χ4v) is 2.50. The molecule has 0 spiro atoms. The Kier molecular flexibility index (Phi) is 4.29. The van der Waals surface area contributed by atoms with Gasteiger partial charge in [0.2, 0.25) is 0 Å². The van der Waals surface area contributed by atoms with Crippen molar-refractivity contribution in [2.45, 2.75) is 20.5 Å². The van der Waals surface area contributed by atoms with E-state index in [-0.39, 0.29) is 12.4 Å². The molecule has 0 bridgehead atoms. The van der Waals surface area contributed by atoms with Gasteiger partial charge in [0, 0.05) is 18.0 Å². The molecule has 5 heteroatoms. The standard InChI is InChI=1S/C12H9FN2OS.C2H6/c13-9-3-1-8(2-4-9)11-6-15-5-10(7-16)17-12(15)14-11;1-2/h1-6,16H,7H2;1-2H3. The van der Waals surface area contributed by atoms with Crippen LogP contribution in [-0.4, -0.2) is 14.5 Å². The first-order chi connectivity index (χ1) is 9.26. The Morgan fingerprint density at radius 3 is 2.47 bits per heavy atom. The van der Waals surface area contributed by atoms with Crippen molar-refractivity contribution in [1.29, 1.82) is 0 Å². The van der Waals surface area contributed by atoms with Crippen molar-refractivity contribution in [2.75, 3.05) is 0 Å². The van der Waals surface area contributed by atoms with Crippen molar-refractivity contribution in [3.63, 3.8) is 0 Å².